The van der Waals surface area contributed by atoms with Crippen LogP contribution in [-0.2, 0) is 4.79 Å². The van der Waals surface area contributed by atoms with Gasteiger partial charge in [0.25, 0.3) is 0 Å². The molecule has 0 unspecified atom stereocenters. The number of allylic oxidation sites excluding steroid dienone is 1. The van der Waals surface area contributed by atoms with Gasteiger partial charge in [-0.2, -0.15) is 0 Å². The van der Waals surface area contributed by atoms with E-state index in [9.17, 15) is 9.59 Å². The van der Waals surface area contributed by atoms with Crippen molar-refractivity contribution in [1.29, 1.82) is 0 Å². The summed E-state index contributed by atoms with van der Waals surface area (Å²) in [6.45, 7) is 3.28. The molecule has 3 rings (SSSR count). The lowest BCUT2D eigenvalue weighted by atomic mass is 10.1. The van der Waals surface area contributed by atoms with Gasteiger partial charge >= 0.3 is 0 Å². The summed E-state index contributed by atoms with van der Waals surface area (Å²) in [5.74, 6) is 1.18. The molecule has 2 aromatic rings. The van der Waals surface area contributed by atoms with Crippen molar-refractivity contribution in [1.82, 2.24) is 0 Å². The first-order chi connectivity index (χ1) is 10.6. The third-order valence-electron chi connectivity index (χ3n) is 3.28. The summed E-state index contributed by atoms with van der Waals surface area (Å²) in [5.41, 5.74) is 1.25. The second kappa shape index (κ2) is 5.77. The van der Waals surface area contributed by atoms with Gasteiger partial charge in [0.05, 0.1) is 5.56 Å². The van der Waals surface area contributed by atoms with Gasteiger partial charge in [0.1, 0.15) is 18.1 Å². The zero-order valence-electron chi connectivity index (χ0n) is 12.2. The van der Waals surface area contributed by atoms with E-state index in [4.69, 9.17) is 9.47 Å². The number of ketones is 2. The molecule has 2 heterocycles. The number of Topliss-reactive ketones (excluding diaryl/α,β-unsaturated/α-hetero) is 2. The number of ether oxygens (including phenoxy) is 2. The molecular formula is C17H14O4S. The van der Waals surface area contributed by atoms with Crippen LogP contribution < -0.4 is 9.47 Å². The lowest BCUT2D eigenvalue weighted by molar-refractivity contribution is -0.118. The number of hydrogen-bond acceptors (Lipinski definition) is 5. The van der Waals surface area contributed by atoms with E-state index in [1.807, 2.05) is 24.4 Å². The molecule has 5 heteroatoms. The first-order valence-corrected chi connectivity index (χ1v) is 7.68. The Morgan fingerprint density at radius 2 is 2.18 bits per heavy atom. The Morgan fingerprint density at radius 1 is 1.36 bits per heavy atom. The van der Waals surface area contributed by atoms with Crippen LogP contribution in [0.2, 0.25) is 0 Å². The van der Waals surface area contributed by atoms with Crippen molar-refractivity contribution in [2.75, 3.05) is 6.61 Å². The number of carbonyl (C=O) groups is 2. The second-order valence-corrected chi connectivity index (χ2v) is 5.99. The minimum Gasteiger partial charge on any atom is -0.485 e. The molecule has 4 nitrogen and oxygen atoms in total. The van der Waals surface area contributed by atoms with E-state index < -0.39 is 0 Å². The van der Waals surface area contributed by atoms with Crippen LogP contribution in [0.15, 0.2) is 35.4 Å². The van der Waals surface area contributed by atoms with Crippen LogP contribution in [0, 0.1) is 6.92 Å². The van der Waals surface area contributed by atoms with Gasteiger partial charge in [-0.1, -0.05) is 6.07 Å². The van der Waals surface area contributed by atoms with Gasteiger partial charge in [-0.25, -0.2) is 0 Å². The largest absolute Gasteiger partial charge is 0.485 e. The van der Waals surface area contributed by atoms with Gasteiger partial charge < -0.3 is 9.47 Å². The maximum atomic E-state index is 12.4. The molecule has 0 atom stereocenters. The lowest BCUT2D eigenvalue weighted by Gasteiger charge is -2.10. The fourth-order valence-corrected chi connectivity index (χ4v) is 2.85. The second-order valence-electron chi connectivity index (χ2n) is 5.01. The Labute approximate surface area is 132 Å². The Morgan fingerprint density at radius 3 is 2.86 bits per heavy atom. The Balaban J connectivity index is 1.92. The Hall–Kier alpha value is -2.40. The number of thiophene rings is 1. The van der Waals surface area contributed by atoms with Gasteiger partial charge in [0.2, 0.25) is 5.78 Å². The van der Waals surface area contributed by atoms with Crippen molar-refractivity contribution >= 4 is 29.0 Å². The average Bonchev–Trinajstić information content (AvgIpc) is 3.09. The molecule has 112 valence electrons. The third kappa shape index (κ3) is 2.67. The predicted octanol–water partition coefficient (Wildman–Crippen LogP) is 3.64. The van der Waals surface area contributed by atoms with E-state index in [1.165, 1.54) is 18.3 Å². The zero-order chi connectivity index (χ0) is 15.7. The number of hydrogen-bond donors (Lipinski definition) is 0. The Bertz CT molecular complexity index is 772. The zero-order valence-corrected chi connectivity index (χ0v) is 13.0. The fraction of sp³-hybridized carbons (Fsp3) is 0.176. The van der Waals surface area contributed by atoms with Crippen LogP contribution in [-0.4, -0.2) is 18.2 Å². The highest BCUT2D eigenvalue weighted by atomic mass is 32.1. The summed E-state index contributed by atoms with van der Waals surface area (Å²) < 4.78 is 11.2. The minimum absolute atomic E-state index is 0.00542. The topological polar surface area (TPSA) is 52.6 Å². The van der Waals surface area contributed by atoms with Crippen LogP contribution in [0.4, 0.5) is 0 Å². The van der Waals surface area contributed by atoms with Crippen LogP contribution >= 0.6 is 11.3 Å². The minimum atomic E-state index is -0.135. The first-order valence-electron chi connectivity index (χ1n) is 6.80. The van der Waals surface area contributed by atoms with E-state index in [2.05, 4.69) is 0 Å². The number of fused-ring (bicyclic) bond motifs is 1. The van der Waals surface area contributed by atoms with Crippen LogP contribution in [0.3, 0.4) is 0 Å². The molecule has 0 saturated carbocycles. The molecule has 1 aromatic heterocycles. The van der Waals surface area contributed by atoms with E-state index in [0.29, 0.717) is 22.8 Å². The van der Waals surface area contributed by atoms with Gasteiger partial charge in [-0.05, 0) is 37.4 Å². The summed E-state index contributed by atoms with van der Waals surface area (Å²) in [7, 11) is 0. The van der Waals surface area contributed by atoms with Gasteiger partial charge in [-0.15, -0.1) is 11.3 Å². The van der Waals surface area contributed by atoms with E-state index in [0.717, 1.165) is 10.4 Å². The predicted molar refractivity (Wildman–Crippen MR) is 84.6 cm³/mol. The molecule has 0 spiro atoms. The summed E-state index contributed by atoms with van der Waals surface area (Å²) in [5, 5.41) is 1.94. The SMILES string of the molecule is CC(=O)COc1ccc2c(c1C)O/C(=C\c1cccs1)C2=O. The van der Waals surface area contributed by atoms with Crippen molar-refractivity contribution in [2.45, 2.75) is 13.8 Å². The van der Waals surface area contributed by atoms with Crippen molar-refractivity contribution in [3.63, 3.8) is 0 Å². The maximum absolute atomic E-state index is 12.4. The average molecular weight is 314 g/mol. The van der Waals surface area contributed by atoms with Crippen molar-refractivity contribution in [3.8, 4) is 11.5 Å². The van der Waals surface area contributed by atoms with Crippen LogP contribution in [0.25, 0.3) is 6.08 Å². The number of rotatable bonds is 4. The molecule has 0 N–H and O–H groups in total. The van der Waals surface area contributed by atoms with E-state index in [1.54, 1.807) is 18.2 Å². The van der Waals surface area contributed by atoms with Gasteiger partial charge in [0, 0.05) is 16.5 Å². The van der Waals surface area contributed by atoms with Crippen LogP contribution in [0.5, 0.6) is 11.5 Å². The molecule has 0 radical (unpaired) electrons. The highest BCUT2D eigenvalue weighted by molar-refractivity contribution is 7.10. The number of carbonyl (C=O) groups excluding carboxylic acids is 2. The Kier molecular flexibility index (Phi) is 3.81. The molecule has 22 heavy (non-hydrogen) atoms. The highest BCUT2D eigenvalue weighted by Crippen LogP contribution is 2.39. The lowest BCUT2D eigenvalue weighted by Crippen LogP contribution is -2.07. The maximum Gasteiger partial charge on any atom is 0.232 e. The molecular weight excluding hydrogens is 300 g/mol. The normalized spacial score (nSPS) is 14.8. The van der Waals surface area contributed by atoms with Crippen molar-refractivity contribution < 1.29 is 19.1 Å². The molecule has 0 aliphatic carbocycles. The number of benzene rings is 1. The standard InChI is InChI=1S/C17H14O4S/c1-10(18)9-20-14-6-5-13-16(19)15(21-17(13)11(14)2)8-12-4-3-7-22-12/h3-8H,9H2,1-2H3/b15-8-. The van der Waals surface area contributed by atoms with Crippen molar-refractivity contribution in [2.24, 2.45) is 0 Å². The summed E-state index contributed by atoms with van der Waals surface area (Å²) in [4.78, 5) is 24.4. The molecule has 1 aliphatic heterocycles. The summed E-state index contributed by atoms with van der Waals surface area (Å²) >= 11 is 1.54. The quantitative estimate of drug-likeness (QED) is 0.809. The molecule has 1 aromatic carbocycles. The van der Waals surface area contributed by atoms with E-state index in [-0.39, 0.29) is 18.2 Å². The van der Waals surface area contributed by atoms with Crippen LogP contribution in [0.1, 0.15) is 27.7 Å². The first kappa shape index (κ1) is 14.5. The van der Waals surface area contributed by atoms with E-state index >= 15 is 0 Å². The fourth-order valence-electron chi connectivity index (χ4n) is 2.21. The molecule has 0 fully saturated rings. The molecule has 0 bridgehead atoms. The summed E-state index contributed by atoms with van der Waals surface area (Å²) in [6.07, 6.45) is 1.74. The van der Waals surface area contributed by atoms with Gasteiger partial charge in [0.15, 0.2) is 11.5 Å². The van der Waals surface area contributed by atoms with Crippen molar-refractivity contribution in [3.05, 3.63) is 51.4 Å². The molecule has 1 aliphatic rings. The summed E-state index contributed by atoms with van der Waals surface area (Å²) in [6, 6.07) is 7.22. The third-order valence-corrected chi connectivity index (χ3v) is 4.10. The van der Waals surface area contributed by atoms with Gasteiger partial charge in [-0.3, -0.25) is 9.59 Å². The molecule has 0 saturated heterocycles. The molecule has 0 amide bonds. The smallest absolute Gasteiger partial charge is 0.232 e. The monoisotopic (exact) mass is 314 g/mol. The highest BCUT2D eigenvalue weighted by Gasteiger charge is 2.30.